The van der Waals surface area contributed by atoms with Crippen LogP contribution in [0.5, 0.6) is 0 Å². The van der Waals surface area contributed by atoms with E-state index >= 15 is 0 Å². The predicted molar refractivity (Wildman–Crippen MR) is 295 cm³/mol. The van der Waals surface area contributed by atoms with Gasteiger partial charge >= 0.3 is 8.16 Å². The molecule has 0 fully saturated rings. The second kappa shape index (κ2) is 17.5. The molecular weight excluding hydrogens is 853 g/mol. The third-order valence-corrected chi connectivity index (χ3v) is 17.3. The molecule has 1 heterocycles. The largest absolute Gasteiger partial charge is 0.403 e. The maximum absolute atomic E-state index is 7.74. The first-order valence-corrected chi connectivity index (χ1v) is 26.5. The Morgan fingerprint density at radius 2 is 0.851 bits per heavy atom. The summed E-state index contributed by atoms with van der Waals surface area (Å²) in [6, 6.07) is 59.0. The molecule has 0 atom stereocenters. The van der Waals surface area contributed by atoms with Crippen molar-refractivity contribution in [1.29, 1.82) is 0 Å². The van der Waals surface area contributed by atoms with E-state index in [4.69, 9.17) is 8.39 Å². The number of rotatable bonds is 7. The summed E-state index contributed by atoms with van der Waals surface area (Å²) in [4.78, 5) is 0. The van der Waals surface area contributed by atoms with E-state index in [1.165, 1.54) is 70.8 Å². The second-order valence-corrected chi connectivity index (χ2v) is 25.8. The molecule has 0 unspecified atom stereocenters. The molecule has 8 aromatic carbocycles. The van der Waals surface area contributed by atoms with Crippen molar-refractivity contribution in [1.82, 2.24) is 0 Å². The molecular formula is C62H67NO2P2. The fourth-order valence-corrected chi connectivity index (χ4v) is 13.5. The van der Waals surface area contributed by atoms with E-state index in [-0.39, 0.29) is 21.7 Å². The van der Waals surface area contributed by atoms with Crippen LogP contribution in [0.3, 0.4) is 0 Å². The van der Waals surface area contributed by atoms with Gasteiger partial charge < -0.3 is 8.39 Å². The van der Waals surface area contributed by atoms with E-state index in [1.54, 1.807) is 0 Å². The molecule has 0 saturated heterocycles. The Kier molecular flexibility index (Phi) is 12.1. The zero-order chi connectivity index (χ0) is 47.6. The van der Waals surface area contributed by atoms with Crippen molar-refractivity contribution in [3.8, 4) is 11.1 Å². The van der Waals surface area contributed by atoms with Gasteiger partial charge in [-0.25, -0.2) is 0 Å². The molecule has 342 valence electrons. The minimum absolute atomic E-state index is 0.0912. The normalized spacial score (nSPS) is 12.7. The zero-order valence-electron chi connectivity index (χ0n) is 41.9. The molecule has 9 rings (SSSR count). The van der Waals surface area contributed by atoms with Gasteiger partial charge in [0.1, 0.15) is 11.2 Å². The lowest BCUT2D eigenvalue weighted by atomic mass is 9.77. The lowest BCUT2D eigenvalue weighted by molar-refractivity contribution is 0.555. The van der Waals surface area contributed by atoms with Crippen LogP contribution < -0.4 is 20.6 Å². The van der Waals surface area contributed by atoms with E-state index in [9.17, 15) is 0 Å². The van der Waals surface area contributed by atoms with Crippen molar-refractivity contribution in [2.75, 3.05) is 11.2 Å². The van der Waals surface area contributed by atoms with E-state index < -0.39 is 16.1 Å². The molecule has 0 aliphatic carbocycles. The average molecular weight is 920 g/mol. The van der Waals surface area contributed by atoms with Gasteiger partial charge in [-0.05, 0) is 103 Å². The third kappa shape index (κ3) is 8.87. The van der Waals surface area contributed by atoms with Crippen LogP contribution in [0.1, 0.15) is 112 Å². The van der Waals surface area contributed by atoms with Crippen LogP contribution in [0.15, 0.2) is 166 Å². The van der Waals surface area contributed by atoms with Crippen LogP contribution in [-0.2, 0) is 21.7 Å². The lowest BCUT2D eigenvalue weighted by Gasteiger charge is -2.29. The maximum atomic E-state index is 7.74. The number of nitrogens with zero attached hydrogens (tertiary/aromatic N) is 1. The molecule has 67 heavy (non-hydrogen) atoms. The van der Waals surface area contributed by atoms with Gasteiger partial charge in [0, 0.05) is 39.6 Å². The Labute approximate surface area is 401 Å². The van der Waals surface area contributed by atoms with Crippen molar-refractivity contribution < 1.29 is 8.39 Å². The number of hydrogen-bond donors (Lipinski definition) is 0. The highest BCUT2D eigenvalue weighted by molar-refractivity contribution is 7.80. The first-order chi connectivity index (χ1) is 31.7. The van der Waals surface area contributed by atoms with Gasteiger partial charge in [0.05, 0.1) is 5.69 Å². The summed E-state index contributed by atoms with van der Waals surface area (Å²) in [7, 11) is -2.77. The minimum Gasteiger partial charge on any atom is -0.403 e. The first-order valence-electron chi connectivity index (χ1n) is 24.0. The quantitative estimate of drug-likeness (QED) is 0.149. The second-order valence-electron chi connectivity index (χ2n) is 22.3. The number of hydrogen-bond acceptors (Lipinski definition) is 3. The zero-order valence-corrected chi connectivity index (χ0v) is 43.7. The summed E-state index contributed by atoms with van der Waals surface area (Å²) in [5.74, 6) is 0. The number of benzene rings is 8. The summed E-state index contributed by atoms with van der Waals surface area (Å²) < 4.78 is 17.9. The smallest absolute Gasteiger partial charge is 0.341 e. The molecule has 0 saturated carbocycles. The van der Waals surface area contributed by atoms with Gasteiger partial charge in [-0.1, -0.05) is 223 Å². The Bertz CT molecular complexity index is 3190. The van der Waals surface area contributed by atoms with Gasteiger partial charge in [-0.15, -0.1) is 0 Å². The maximum Gasteiger partial charge on any atom is 0.341 e. The average Bonchev–Trinajstić information content (AvgIpc) is 3.45. The molecule has 3 nitrogen and oxygen atoms in total. The summed E-state index contributed by atoms with van der Waals surface area (Å²) >= 11 is 0. The lowest BCUT2D eigenvalue weighted by Crippen LogP contribution is -2.23. The topological polar surface area (TPSA) is 29.5 Å². The van der Waals surface area contributed by atoms with E-state index in [0.717, 1.165) is 27.6 Å². The third-order valence-electron chi connectivity index (χ3n) is 13.3. The van der Waals surface area contributed by atoms with Crippen LogP contribution in [0.4, 0.5) is 5.69 Å². The Hall–Kier alpha value is -5.59. The summed E-state index contributed by atoms with van der Waals surface area (Å²) in [6.07, 6.45) is 0. The van der Waals surface area contributed by atoms with Crippen molar-refractivity contribution in [2.24, 2.45) is 0 Å². The Morgan fingerprint density at radius 3 is 1.28 bits per heavy atom. The molecule has 1 aromatic heterocycles. The van der Waals surface area contributed by atoms with Crippen LogP contribution in [0.2, 0.25) is 0 Å². The molecule has 0 radical (unpaired) electrons. The standard InChI is InChI=1S/C62H67NO2P2/c1-14-63(67-64-57-49(37-43(59(2,3)4)39-51(57)61(8,9)10)50-38-44(60(5,6)7)40-52(58(50)65-67)62(11,12)13)53-35-33-41-25-21-23-31-47(41)55(53)56-48-32-24-22-26-42(48)34-36-54(56)66(45-27-17-15-18-28-45)46-29-19-16-20-30-46/h15-40H,14H2,1-13H3. The highest BCUT2D eigenvalue weighted by atomic mass is 31.1. The molecule has 5 heteroatoms. The molecule has 0 spiro atoms. The fourth-order valence-electron chi connectivity index (χ4n) is 9.51. The molecule has 0 bridgehead atoms. The minimum atomic E-state index is -1.79. The van der Waals surface area contributed by atoms with Crippen molar-refractivity contribution in [3.63, 3.8) is 0 Å². The van der Waals surface area contributed by atoms with Gasteiger partial charge in [0.25, 0.3) is 0 Å². The van der Waals surface area contributed by atoms with Crippen molar-refractivity contribution in [3.05, 3.63) is 180 Å². The van der Waals surface area contributed by atoms with Gasteiger partial charge in [0.15, 0.2) is 0 Å². The molecule has 0 amide bonds. The van der Waals surface area contributed by atoms with Crippen LogP contribution in [-0.4, -0.2) is 6.54 Å². The van der Waals surface area contributed by atoms with Gasteiger partial charge in [-0.2, -0.15) is 0 Å². The van der Waals surface area contributed by atoms with Crippen LogP contribution >= 0.6 is 16.1 Å². The molecule has 0 N–H and O–H groups in total. The monoisotopic (exact) mass is 919 g/mol. The molecule has 9 aromatic rings. The fraction of sp³-hybridized carbons (Fsp3) is 0.290. The van der Waals surface area contributed by atoms with E-state index in [1.807, 2.05) is 0 Å². The highest BCUT2D eigenvalue weighted by Gasteiger charge is 2.32. The summed E-state index contributed by atoms with van der Waals surface area (Å²) in [5, 5.41) is 11.0. The van der Waals surface area contributed by atoms with E-state index in [2.05, 4.69) is 252 Å². The summed E-state index contributed by atoms with van der Waals surface area (Å²) in [6.45, 7) is 30.7. The van der Waals surface area contributed by atoms with Crippen LogP contribution in [0, 0.1) is 0 Å². The van der Waals surface area contributed by atoms with E-state index in [0.29, 0.717) is 6.54 Å². The predicted octanol–water partition coefficient (Wildman–Crippen LogP) is 17.5. The number of fused-ring (bicyclic) bond motifs is 5. The highest BCUT2D eigenvalue weighted by Crippen LogP contribution is 2.52. The van der Waals surface area contributed by atoms with Crippen LogP contribution in [0.25, 0.3) is 54.6 Å². The number of anilines is 1. The Balaban J connectivity index is 1.46. The first kappa shape index (κ1) is 46.5. The van der Waals surface area contributed by atoms with Gasteiger partial charge in [0.2, 0.25) is 0 Å². The Morgan fingerprint density at radius 1 is 0.433 bits per heavy atom. The SMILES string of the molecule is CCN(c1ccc2ccccc2c1-c1c(P(c2ccccc2)c2ccccc2)ccc2ccccc12)p1oc2c(C(C)(C)C)cc(C(C)(C)C)cc2c2cc(C(C)(C)C)cc(C(C)(C)C)c2o1. The molecule has 0 aliphatic rings. The van der Waals surface area contributed by atoms with Crippen molar-refractivity contribution in [2.45, 2.75) is 112 Å². The summed E-state index contributed by atoms with van der Waals surface area (Å²) in [5.41, 5.74) is 9.72. The van der Waals surface area contributed by atoms with Gasteiger partial charge in [-0.3, -0.25) is 4.67 Å². The molecule has 0 aliphatic heterocycles. The van der Waals surface area contributed by atoms with Crippen molar-refractivity contribution >= 4 is 81.2 Å².